The van der Waals surface area contributed by atoms with Gasteiger partial charge in [0.25, 0.3) is 0 Å². The average molecular weight is 464 g/mol. The third kappa shape index (κ3) is 5.15. The smallest absolute Gasteiger partial charge is 0.246 e. The first kappa shape index (κ1) is 23.4. The molecule has 0 bridgehead atoms. The Labute approximate surface area is 190 Å². The zero-order chi connectivity index (χ0) is 22.9. The molecule has 0 radical (unpaired) electrons. The highest BCUT2D eigenvalue weighted by atomic mass is 35.5. The molecule has 2 aromatic carbocycles. The number of amides is 1. The molecular formula is C23H30ClN3O3S. The maximum Gasteiger partial charge on any atom is 0.246 e. The van der Waals surface area contributed by atoms with E-state index in [2.05, 4.69) is 4.90 Å². The van der Waals surface area contributed by atoms with Gasteiger partial charge in [0.05, 0.1) is 11.9 Å². The molecule has 0 aliphatic carbocycles. The summed E-state index contributed by atoms with van der Waals surface area (Å²) < 4.78 is 26.4. The number of halogens is 1. The molecule has 6 nitrogen and oxygen atoms in total. The van der Waals surface area contributed by atoms with E-state index in [1.807, 2.05) is 51.1 Å². The molecule has 168 valence electrons. The molecule has 1 aliphatic rings. The van der Waals surface area contributed by atoms with Crippen molar-refractivity contribution < 1.29 is 13.2 Å². The van der Waals surface area contributed by atoms with Gasteiger partial charge in [0, 0.05) is 36.9 Å². The Morgan fingerprint density at radius 2 is 1.58 bits per heavy atom. The Morgan fingerprint density at radius 3 is 2.16 bits per heavy atom. The number of sulfonamides is 1. The number of aryl methyl sites for hydroxylation is 3. The number of hydrogen-bond donors (Lipinski definition) is 0. The molecule has 1 saturated heterocycles. The number of piperazine rings is 1. The summed E-state index contributed by atoms with van der Waals surface area (Å²) in [6.07, 6.45) is 1.14. The molecule has 0 saturated carbocycles. The van der Waals surface area contributed by atoms with Crippen LogP contribution in [-0.4, -0.2) is 57.7 Å². The van der Waals surface area contributed by atoms with Crippen molar-refractivity contribution in [2.75, 3.05) is 41.6 Å². The highest BCUT2D eigenvalue weighted by Crippen LogP contribution is 2.27. The third-order valence-corrected chi connectivity index (χ3v) is 7.39. The van der Waals surface area contributed by atoms with Crippen molar-refractivity contribution in [3.05, 3.63) is 58.1 Å². The maximum atomic E-state index is 13.3. The number of benzene rings is 2. The Balaban J connectivity index is 1.77. The van der Waals surface area contributed by atoms with Gasteiger partial charge in [-0.2, -0.15) is 0 Å². The Bertz CT molecular complexity index is 1080. The molecule has 2 aromatic rings. The molecule has 8 heteroatoms. The average Bonchev–Trinajstić information content (AvgIpc) is 2.71. The van der Waals surface area contributed by atoms with Gasteiger partial charge in [-0.15, -0.1) is 0 Å². The number of carbonyl (C=O) groups excluding carboxylic acids is 1. The molecular weight excluding hydrogens is 434 g/mol. The summed E-state index contributed by atoms with van der Waals surface area (Å²) >= 11 is 6.16. The minimum absolute atomic E-state index is 0.189. The van der Waals surface area contributed by atoms with E-state index in [-0.39, 0.29) is 5.91 Å². The SMILES string of the molecule is Cc1ccc(N(C(C)C(=O)N2CCN(c3cc(Cl)ccc3C)CC2)S(C)(=O)=O)cc1C. The molecule has 3 rings (SSSR count). The standard InChI is InChI=1S/C23H30ClN3O3S/c1-16-7-9-21(14-18(16)3)27(31(5,29)30)19(4)23(28)26-12-10-25(11-13-26)22-15-20(24)8-6-17(22)2/h6-9,14-15,19H,10-13H2,1-5H3. The van der Waals surface area contributed by atoms with Crippen LogP contribution in [-0.2, 0) is 14.8 Å². The summed E-state index contributed by atoms with van der Waals surface area (Å²) in [5, 5.41) is 0.685. The summed E-state index contributed by atoms with van der Waals surface area (Å²) in [6, 6.07) is 10.4. The fourth-order valence-corrected chi connectivity index (χ4v) is 5.35. The molecule has 1 unspecified atom stereocenters. The van der Waals surface area contributed by atoms with Crippen LogP contribution in [0.15, 0.2) is 36.4 Å². The van der Waals surface area contributed by atoms with Crippen molar-refractivity contribution in [2.24, 2.45) is 0 Å². The van der Waals surface area contributed by atoms with E-state index >= 15 is 0 Å². The van der Waals surface area contributed by atoms with Gasteiger partial charge in [0.15, 0.2) is 0 Å². The molecule has 0 N–H and O–H groups in total. The molecule has 1 atom stereocenters. The topological polar surface area (TPSA) is 60.9 Å². The van der Waals surface area contributed by atoms with Gasteiger partial charge < -0.3 is 9.80 Å². The van der Waals surface area contributed by atoms with E-state index in [1.54, 1.807) is 17.9 Å². The summed E-state index contributed by atoms with van der Waals surface area (Å²) in [7, 11) is -3.63. The van der Waals surface area contributed by atoms with Crippen molar-refractivity contribution in [3.63, 3.8) is 0 Å². The molecule has 31 heavy (non-hydrogen) atoms. The lowest BCUT2D eigenvalue weighted by molar-refractivity contribution is -0.132. The van der Waals surface area contributed by atoms with E-state index < -0.39 is 16.1 Å². The Hall–Kier alpha value is -2.25. The van der Waals surface area contributed by atoms with Crippen LogP contribution in [0.2, 0.25) is 5.02 Å². The number of anilines is 2. The lowest BCUT2D eigenvalue weighted by atomic mass is 10.1. The van der Waals surface area contributed by atoms with E-state index in [1.165, 1.54) is 4.31 Å². The lowest BCUT2D eigenvalue weighted by Gasteiger charge is -2.39. The van der Waals surface area contributed by atoms with Crippen molar-refractivity contribution in [1.82, 2.24) is 4.90 Å². The largest absolute Gasteiger partial charge is 0.368 e. The van der Waals surface area contributed by atoms with Crippen LogP contribution in [0, 0.1) is 20.8 Å². The van der Waals surface area contributed by atoms with E-state index in [9.17, 15) is 13.2 Å². The number of nitrogens with zero attached hydrogens (tertiary/aromatic N) is 3. The predicted molar refractivity (Wildman–Crippen MR) is 128 cm³/mol. The fourth-order valence-electron chi connectivity index (χ4n) is 4.02. The number of carbonyl (C=O) groups is 1. The van der Waals surface area contributed by atoms with Crippen LogP contribution in [0.4, 0.5) is 11.4 Å². The molecule has 0 spiro atoms. The van der Waals surface area contributed by atoms with Crippen LogP contribution in [0.3, 0.4) is 0 Å². The van der Waals surface area contributed by atoms with E-state index in [4.69, 9.17) is 11.6 Å². The second-order valence-corrected chi connectivity index (χ2v) is 10.5. The van der Waals surface area contributed by atoms with Gasteiger partial charge in [-0.3, -0.25) is 9.10 Å². The van der Waals surface area contributed by atoms with Crippen LogP contribution in [0.1, 0.15) is 23.6 Å². The monoisotopic (exact) mass is 463 g/mol. The van der Waals surface area contributed by atoms with E-state index in [0.29, 0.717) is 36.9 Å². The van der Waals surface area contributed by atoms with E-state index in [0.717, 1.165) is 28.6 Å². The number of rotatable bonds is 5. The first-order valence-electron chi connectivity index (χ1n) is 10.4. The van der Waals surface area contributed by atoms with Gasteiger partial charge in [-0.25, -0.2) is 8.42 Å². The van der Waals surface area contributed by atoms with Gasteiger partial charge in [0.2, 0.25) is 15.9 Å². The van der Waals surface area contributed by atoms with Gasteiger partial charge >= 0.3 is 0 Å². The molecule has 0 aromatic heterocycles. The molecule has 1 fully saturated rings. The van der Waals surface area contributed by atoms with Crippen molar-refractivity contribution in [2.45, 2.75) is 33.7 Å². The fraction of sp³-hybridized carbons (Fsp3) is 0.435. The van der Waals surface area contributed by atoms with Crippen molar-refractivity contribution in [3.8, 4) is 0 Å². The van der Waals surface area contributed by atoms with Crippen LogP contribution in [0.5, 0.6) is 0 Å². The normalized spacial score (nSPS) is 15.7. The summed E-state index contributed by atoms with van der Waals surface area (Å²) in [5.74, 6) is -0.189. The second kappa shape index (κ2) is 9.09. The van der Waals surface area contributed by atoms with Crippen molar-refractivity contribution >= 4 is 38.9 Å². The van der Waals surface area contributed by atoms with Crippen LogP contribution < -0.4 is 9.21 Å². The third-order valence-electron chi connectivity index (χ3n) is 5.91. The summed E-state index contributed by atoms with van der Waals surface area (Å²) in [5.41, 5.74) is 4.77. The first-order valence-corrected chi connectivity index (χ1v) is 12.6. The quantitative estimate of drug-likeness (QED) is 0.677. The van der Waals surface area contributed by atoms with Gasteiger partial charge in [-0.05, 0) is 68.7 Å². The minimum Gasteiger partial charge on any atom is -0.368 e. The minimum atomic E-state index is -3.63. The first-order chi connectivity index (χ1) is 14.5. The van der Waals surface area contributed by atoms with Crippen molar-refractivity contribution in [1.29, 1.82) is 0 Å². The zero-order valence-electron chi connectivity index (χ0n) is 18.7. The summed E-state index contributed by atoms with van der Waals surface area (Å²) in [6.45, 7) is 10.00. The Kier molecular flexibility index (Phi) is 6.86. The molecule has 1 amide bonds. The zero-order valence-corrected chi connectivity index (χ0v) is 20.3. The lowest BCUT2D eigenvalue weighted by Crippen LogP contribution is -2.55. The number of hydrogen-bond acceptors (Lipinski definition) is 4. The highest BCUT2D eigenvalue weighted by molar-refractivity contribution is 7.92. The van der Waals surface area contributed by atoms with Crippen LogP contribution >= 0.6 is 11.6 Å². The van der Waals surface area contributed by atoms with Gasteiger partial charge in [0.1, 0.15) is 6.04 Å². The predicted octanol–water partition coefficient (Wildman–Crippen LogP) is 3.77. The Morgan fingerprint density at radius 1 is 0.968 bits per heavy atom. The highest BCUT2D eigenvalue weighted by Gasteiger charge is 2.33. The summed E-state index contributed by atoms with van der Waals surface area (Å²) in [4.78, 5) is 17.2. The second-order valence-electron chi connectivity index (χ2n) is 8.25. The van der Waals surface area contributed by atoms with Crippen LogP contribution in [0.25, 0.3) is 0 Å². The molecule has 1 heterocycles. The van der Waals surface area contributed by atoms with Gasteiger partial charge in [-0.1, -0.05) is 23.7 Å². The molecule has 1 aliphatic heterocycles. The maximum absolute atomic E-state index is 13.3.